The maximum Gasteiger partial charge on any atom is 0.161 e. The van der Waals surface area contributed by atoms with Gasteiger partial charge in [0.15, 0.2) is 5.82 Å². The Kier molecular flexibility index (Phi) is 4.34. The van der Waals surface area contributed by atoms with Crippen molar-refractivity contribution in [2.45, 2.75) is 26.7 Å². The molecule has 1 aromatic heterocycles. The van der Waals surface area contributed by atoms with Crippen molar-refractivity contribution in [3.05, 3.63) is 44.7 Å². The number of aryl methyl sites for hydroxylation is 1. The van der Waals surface area contributed by atoms with E-state index in [2.05, 4.69) is 23.8 Å². The Bertz CT molecular complexity index is 581. The van der Waals surface area contributed by atoms with Gasteiger partial charge in [0.05, 0.1) is 0 Å². The predicted octanol–water partition coefficient (Wildman–Crippen LogP) is 5.54. The number of hydrogen-bond donors (Lipinski definition) is 0. The molecule has 0 aliphatic carbocycles. The molecule has 0 aliphatic rings. The molecule has 0 N–H and O–H groups in total. The van der Waals surface area contributed by atoms with Gasteiger partial charge in [-0.2, -0.15) is 0 Å². The Morgan fingerprint density at radius 2 is 1.53 bits per heavy atom. The quantitative estimate of drug-likeness (QED) is 0.680. The summed E-state index contributed by atoms with van der Waals surface area (Å²) in [5.41, 5.74) is 2.61. The third kappa shape index (κ3) is 3.19. The van der Waals surface area contributed by atoms with Crippen molar-refractivity contribution in [1.29, 1.82) is 0 Å². The average Bonchev–Trinajstić information content (AvgIpc) is 2.25. The summed E-state index contributed by atoms with van der Waals surface area (Å²) in [6.07, 6.45) is 0. The molecule has 2 rings (SSSR count). The number of halogens is 3. The Balaban J connectivity index is 2.58. The first kappa shape index (κ1) is 14.6. The van der Waals surface area contributed by atoms with Crippen LogP contribution in [-0.2, 0) is 0 Å². The molecule has 0 atom stereocenters. The molecule has 0 aliphatic heterocycles. The lowest BCUT2D eigenvalue weighted by Gasteiger charge is -2.12. The van der Waals surface area contributed by atoms with Crippen LogP contribution >= 0.6 is 34.8 Å². The first-order valence-electron chi connectivity index (χ1n) is 5.89. The van der Waals surface area contributed by atoms with Gasteiger partial charge in [-0.1, -0.05) is 48.7 Å². The zero-order valence-electron chi connectivity index (χ0n) is 10.8. The van der Waals surface area contributed by atoms with Gasteiger partial charge in [0.25, 0.3) is 0 Å². The van der Waals surface area contributed by atoms with Crippen LogP contribution in [0.5, 0.6) is 0 Å². The average molecular weight is 316 g/mol. The summed E-state index contributed by atoms with van der Waals surface area (Å²) < 4.78 is 0. The standard InChI is InChI=1S/C14H13Cl3N2/c1-7(2)12-8(3)18-14(19-13(12)17)9-4-10(15)6-11(16)5-9/h4-7H,1-3H3. The molecule has 0 saturated carbocycles. The Hall–Kier alpha value is -0.830. The van der Waals surface area contributed by atoms with Crippen LogP contribution < -0.4 is 0 Å². The highest BCUT2D eigenvalue weighted by atomic mass is 35.5. The summed E-state index contributed by atoms with van der Waals surface area (Å²) in [5, 5.41) is 1.58. The van der Waals surface area contributed by atoms with Gasteiger partial charge in [-0.25, -0.2) is 9.97 Å². The van der Waals surface area contributed by atoms with Crippen LogP contribution in [0.25, 0.3) is 11.4 Å². The fraction of sp³-hybridized carbons (Fsp3) is 0.286. The van der Waals surface area contributed by atoms with Crippen molar-refractivity contribution >= 4 is 34.8 Å². The van der Waals surface area contributed by atoms with E-state index in [0.717, 1.165) is 16.8 Å². The van der Waals surface area contributed by atoms with Crippen molar-refractivity contribution in [3.63, 3.8) is 0 Å². The monoisotopic (exact) mass is 314 g/mol. The van der Waals surface area contributed by atoms with Crippen LogP contribution in [0.3, 0.4) is 0 Å². The number of hydrogen-bond acceptors (Lipinski definition) is 2. The van der Waals surface area contributed by atoms with Gasteiger partial charge >= 0.3 is 0 Å². The highest BCUT2D eigenvalue weighted by Crippen LogP contribution is 2.30. The van der Waals surface area contributed by atoms with Crippen LogP contribution in [0.1, 0.15) is 31.0 Å². The third-order valence-electron chi connectivity index (χ3n) is 2.79. The van der Waals surface area contributed by atoms with E-state index in [1.807, 2.05) is 6.92 Å². The Labute approximate surface area is 127 Å². The topological polar surface area (TPSA) is 25.8 Å². The molecular weight excluding hydrogens is 303 g/mol. The molecular formula is C14H13Cl3N2. The molecule has 1 aromatic carbocycles. The summed E-state index contributed by atoms with van der Waals surface area (Å²) in [5.74, 6) is 0.820. The van der Waals surface area contributed by atoms with E-state index in [9.17, 15) is 0 Å². The second-order valence-electron chi connectivity index (χ2n) is 4.65. The lowest BCUT2D eigenvalue weighted by molar-refractivity contribution is 0.831. The lowest BCUT2D eigenvalue weighted by atomic mass is 10.0. The second-order valence-corrected chi connectivity index (χ2v) is 5.88. The van der Waals surface area contributed by atoms with E-state index in [4.69, 9.17) is 34.8 Å². The lowest BCUT2D eigenvalue weighted by Crippen LogP contribution is -2.01. The summed E-state index contributed by atoms with van der Waals surface area (Å²) in [7, 11) is 0. The third-order valence-corrected chi connectivity index (χ3v) is 3.51. The molecule has 0 spiro atoms. The zero-order chi connectivity index (χ0) is 14.2. The Morgan fingerprint density at radius 1 is 0.947 bits per heavy atom. The van der Waals surface area contributed by atoms with Crippen LogP contribution in [0.2, 0.25) is 15.2 Å². The van der Waals surface area contributed by atoms with E-state index in [-0.39, 0.29) is 5.92 Å². The molecule has 0 saturated heterocycles. The fourth-order valence-corrected chi connectivity index (χ4v) is 2.98. The normalized spacial score (nSPS) is 11.1. The van der Waals surface area contributed by atoms with Crippen LogP contribution in [0, 0.1) is 6.92 Å². The van der Waals surface area contributed by atoms with E-state index >= 15 is 0 Å². The summed E-state index contributed by atoms with van der Waals surface area (Å²) in [4.78, 5) is 8.84. The van der Waals surface area contributed by atoms with Crippen molar-refractivity contribution in [2.24, 2.45) is 0 Å². The SMILES string of the molecule is Cc1nc(-c2cc(Cl)cc(Cl)c2)nc(Cl)c1C(C)C. The highest BCUT2D eigenvalue weighted by Gasteiger charge is 2.14. The molecule has 0 fully saturated rings. The van der Waals surface area contributed by atoms with Gasteiger partial charge < -0.3 is 0 Å². The van der Waals surface area contributed by atoms with Gasteiger partial charge in [0.1, 0.15) is 5.15 Å². The minimum absolute atomic E-state index is 0.282. The van der Waals surface area contributed by atoms with Gasteiger partial charge in [0, 0.05) is 26.9 Å². The van der Waals surface area contributed by atoms with Gasteiger partial charge in [-0.15, -0.1) is 0 Å². The van der Waals surface area contributed by atoms with E-state index in [1.165, 1.54) is 0 Å². The minimum Gasteiger partial charge on any atom is -0.233 e. The maximum absolute atomic E-state index is 6.24. The number of benzene rings is 1. The first-order valence-corrected chi connectivity index (χ1v) is 7.02. The van der Waals surface area contributed by atoms with Crippen molar-refractivity contribution in [2.75, 3.05) is 0 Å². The summed E-state index contributed by atoms with van der Waals surface area (Å²) in [6.45, 7) is 6.06. The van der Waals surface area contributed by atoms with Crippen molar-refractivity contribution < 1.29 is 0 Å². The molecule has 0 unspecified atom stereocenters. The van der Waals surface area contributed by atoms with E-state index < -0.39 is 0 Å². The molecule has 0 amide bonds. The van der Waals surface area contributed by atoms with Gasteiger partial charge in [-0.3, -0.25) is 0 Å². The smallest absolute Gasteiger partial charge is 0.161 e. The maximum atomic E-state index is 6.24. The first-order chi connectivity index (χ1) is 8.88. The zero-order valence-corrected chi connectivity index (χ0v) is 13.1. The molecule has 2 aromatic rings. The second kappa shape index (κ2) is 5.66. The van der Waals surface area contributed by atoms with Crippen molar-refractivity contribution in [1.82, 2.24) is 9.97 Å². The molecule has 0 radical (unpaired) electrons. The van der Waals surface area contributed by atoms with Crippen LogP contribution in [0.4, 0.5) is 0 Å². The summed E-state index contributed by atoms with van der Waals surface area (Å²) >= 11 is 18.2. The highest BCUT2D eigenvalue weighted by molar-refractivity contribution is 6.35. The predicted molar refractivity (Wildman–Crippen MR) is 81.3 cm³/mol. The summed E-state index contributed by atoms with van der Waals surface area (Å²) in [6, 6.07) is 5.21. The number of rotatable bonds is 2. The number of aromatic nitrogens is 2. The van der Waals surface area contributed by atoms with Gasteiger partial charge in [0.2, 0.25) is 0 Å². The minimum atomic E-state index is 0.282. The molecule has 0 bridgehead atoms. The van der Waals surface area contributed by atoms with Crippen molar-refractivity contribution in [3.8, 4) is 11.4 Å². The Morgan fingerprint density at radius 3 is 2.00 bits per heavy atom. The van der Waals surface area contributed by atoms with Crippen LogP contribution in [0.15, 0.2) is 18.2 Å². The molecule has 2 nitrogen and oxygen atoms in total. The molecule has 19 heavy (non-hydrogen) atoms. The van der Waals surface area contributed by atoms with Gasteiger partial charge in [-0.05, 0) is 31.0 Å². The molecule has 100 valence electrons. The number of nitrogens with zero attached hydrogens (tertiary/aromatic N) is 2. The van der Waals surface area contributed by atoms with E-state index in [1.54, 1.807) is 18.2 Å². The molecule has 5 heteroatoms. The molecule has 1 heterocycles. The van der Waals surface area contributed by atoms with E-state index in [0.29, 0.717) is 21.0 Å². The van der Waals surface area contributed by atoms with Crippen LogP contribution in [-0.4, -0.2) is 9.97 Å². The fourth-order valence-electron chi connectivity index (χ4n) is 2.01. The largest absolute Gasteiger partial charge is 0.233 e.